The van der Waals surface area contributed by atoms with Crippen molar-refractivity contribution in [1.82, 2.24) is 0 Å². The molecule has 108 valence electrons. The molecule has 2 aromatic rings. The maximum Gasteiger partial charge on any atom is 0.160 e. The Bertz CT molecular complexity index is 693. The monoisotopic (exact) mass is 284 g/mol. The Hall–Kier alpha value is -2.49. The van der Waals surface area contributed by atoms with E-state index in [-0.39, 0.29) is 17.8 Å². The third-order valence-electron chi connectivity index (χ3n) is 3.90. The summed E-state index contributed by atoms with van der Waals surface area (Å²) in [5.41, 5.74) is 2.60. The third-order valence-corrected chi connectivity index (χ3v) is 3.90. The highest BCUT2D eigenvalue weighted by molar-refractivity contribution is 5.76. The largest absolute Gasteiger partial charge is 0.504 e. The molecule has 0 saturated carbocycles. The quantitative estimate of drug-likeness (QED) is 0.877. The van der Waals surface area contributed by atoms with Crippen LogP contribution in [-0.2, 0) is 0 Å². The van der Waals surface area contributed by atoms with Crippen LogP contribution in [0.5, 0.6) is 17.2 Å². The van der Waals surface area contributed by atoms with Gasteiger partial charge in [0, 0.05) is 17.0 Å². The minimum absolute atomic E-state index is 0.104. The van der Waals surface area contributed by atoms with Crippen molar-refractivity contribution in [3.63, 3.8) is 0 Å². The van der Waals surface area contributed by atoms with Gasteiger partial charge in [-0.05, 0) is 35.9 Å². The molecular formula is C17H16O4. The second-order valence-electron chi connectivity index (χ2n) is 5.17. The summed E-state index contributed by atoms with van der Waals surface area (Å²) in [6.07, 6.45) is 0.681. The number of hydrogen-bond acceptors (Lipinski definition) is 4. The second kappa shape index (κ2) is 5.13. The van der Waals surface area contributed by atoms with Gasteiger partial charge < -0.3 is 14.6 Å². The Balaban J connectivity index is 1.97. The van der Waals surface area contributed by atoms with E-state index < -0.39 is 0 Å². The predicted octanol–water partition coefficient (Wildman–Crippen LogP) is 3.45. The Kier molecular flexibility index (Phi) is 3.29. The number of aromatic hydroxyl groups is 1. The molecule has 3 rings (SSSR count). The first-order chi connectivity index (χ1) is 10.1. The first-order valence-corrected chi connectivity index (χ1v) is 6.76. The number of carbonyl (C=O) groups is 1. The number of ether oxygens (including phenoxy) is 2. The van der Waals surface area contributed by atoms with Gasteiger partial charge in [0.25, 0.3) is 0 Å². The maximum absolute atomic E-state index is 10.9. The number of fused-ring (bicyclic) bond motifs is 1. The molecule has 1 aliphatic heterocycles. The molecule has 4 heteroatoms. The molecule has 0 unspecified atom stereocenters. The highest BCUT2D eigenvalue weighted by Crippen LogP contribution is 2.47. The van der Waals surface area contributed by atoms with Gasteiger partial charge in [-0.1, -0.05) is 13.0 Å². The van der Waals surface area contributed by atoms with Crippen molar-refractivity contribution in [3.8, 4) is 17.2 Å². The van der Waals surface area contributed by atoms with Gasteiger partial charge in [0.05, 0.1) is 7.11 Å². The molecule has 1 aliphatic rings. The molecule has 1 heterocycles. The van der Waals surface area contributed by atoms with Crippen LogP contribution in [-0.4, -0.2) is 18.5 Å². The zero-order chi connectivity index (χ0) is 15.0. The van der Waals surface area contributed by atoms with Crippen molar-refractivity contribution in [2.75, 3.05) is 7.11 Å². The molecule has 1 N–H and O–H groups in total. The van der Waals surface area contributed by atoms with Gasteiger partial charge in [-0.2, -0.15) is 0 Å². The molecule has 0 aliphatic carbocycles. The summed E-state index contributed by atoms with van der Waals surface area (Å²) in [6, 6.07) is 10.6. The van der Waals surface area contributed by atoms with Crippen LogP contribution in [0.4, 0.5) is 0 Å². The zero-order valence-electron chi connectivity index (χ0n) is 11.9. The first kappa shape index (κ1) is 13.5. The summed E-state index contributed by atoms with van der Waals surface area (Å²) in [5, 5.41) is 9.68. The van der Waals surface area contributed by atoms with Crippen LogP contribution in [0.2, 0.25) is 0 Å². The highest BCUT2D eigenvalue weighted by atomic mass is 16.5. The Labute approximate surface area is 122 Å². The van der Waals surface area contributed by atoms with Crippen LogP contribution in [0, 0.1) is 0 Å². The van der Waals surface area contributed by atoms with Crippen molar-refractivity contribution < 1.29 is 19.4 Å². The van der Waals surface area contributed by atoms with Crippen LogP contribution in [0.15, 0.2) is 36.4 Å². The van der Waals surface area contributed by atoms with Crippen LogP contribution in [0.25, 0.3) is 0 Å². The number of benzene rings is 2. The lowest BCUT2D eigenvalue weighted by Gasteiger charge is -2.17. The Morgan fingerprint density at radius 1 is 1.24 bits per heavy atom. The fourth-order valence-electron chi connectivity index (χ4n) is 2.73. The zero-order valence-corrected chi connectivity index (χ0v) is 11.9. The molecule has 0 amide bonds. The Morgan fingerprint density at radius 2 is 2.05 bits per heavy atom. The van der Waals surface area contributed by atoms with Gasteiger partial charge in [0.15, 0.2) is 11.5 Å². The lowest BCUT2D eigenvalue weighted by molar-refractivity contribution is 0.112. The molecule has 2 aromatic carbocycles. The van der Waals surface area contributed by atoms with Crippen molar-refractivity contribution in [2.45, 2.75) is 18.9 Å². The van der Waals surface area contributed by atoms with E-state index >= 15 is 0 Å². The standard InChI is InChI=1S/C17H16O4/c1-10-13-7-11(9-18)3-6-15(13)21-17(10)12-4-5-14(19)16(8-12)20-2/h3-10,17,19H,1-2H3/t10-,17-/m1/s1. The van der Waals surface area contributed by atoms with Crippen molar-refractivity contribution >= 4 is 6.29 Å². The third kappa shape index (κ3) is 2.23. The number of hydrogen-bond donors (Lipinski definition) is 1. The molecular weight excluding hydrogens is 268 g/mol. The average molecular weight is 284 g/mol. The first-order valence-electron chi connectivity index (χ1n) is 6.76. The van der Waals surface area contributed by atoms with Crippen LogP contribution in [0.1, 0.15) is 40.4 Å². The lowest BCUT2D eigenvalue weighted by Crippen LogP contribution is -2.07. The van der Waals surface area contributed by atoms with E-state index in [4.69, 9.17) is 9.47 Å². The van der Waals surface area contributed by atoms with Gasteiger partial charge in [0.1, 0.15) is 18.1 Å². The fourth-order valence-corrected chi connectivity index (χ4v) is 2.73. The molecule has 2 atom stereocenters. The molecule has 0 radical (unpaired) electrons. The van der Waals surface area contributed by atoms with Crippen molar-refractivity contribution in [3.05, 3.63) is 53.1 Å². The van der Waals surface area contributed by atoms with Crippen LogP contribution in [0.3, 0.4) is 0 Å². The van der Waals surface area contributed by atoms with Crippen LogP contribution >= 0.6 is 0 Å². The molecule has 0 spiro atoms. The normalized spacial score (nSPS) is 19.7. The number of phenols is 1. The highest BCUT2D eigenvalue weighted by Gasteiger charge is 2.32. The number of rotatable bonds is 3. The number of phenolic OH excluding ortho intramolecular Hbond substituents is 1. The molecule has 0 bridgehead atoms. The van der Waals surface area contributed by atoms with Gasteiger partial charge in [-0.25, -0.2) is 0 Å². The van der Waals surface area contributed by atoms with E-state index in [1.165, 1.54) is 7.11 Å². The summed E-state index contributed by atoms with van der Waals surface area (Å²) < 4.78 is 11.1. The van der Waals surface area contributed by atoms with Crippen LogP contribution < -0.4 is 9.47 Å². The number of carbonyl (C=O) groups excluding carboxylic acids is 1. The van der Waals surface area contributed by atoms with Gasteiger partial charge in [-0.3, -0.25) is 4.79 Å². The van der Waals surface area contributed by atoms with E-state index in [1.807, 2.05) is 18.2 Å². The molecule has 21 heavy (non-hydrogen) atoms. The van der Waals surface area contributed by atoms with Gasteiger partial charge >= 0.3 is 0 Å². The number of methoxy groups -OCH3 is 1. The molecule has 0 fully saturated rings. The topological polar surface area (TPSA) is 55.8 Å². The van der Waals surface area contributed by atoms with E-state index in [0.29, 0.717) is 11.3 Å². The summed E-state index contributed by atoms with van der Waals surface area (Å²) in [6.45, 7) is 2.06. The number of aldehydes is 1. The summed E-state index contributed by atoms with van der Waals surface area (Å²) in [7, 11) is 1.52. The SMILES string of the molecule is COc1cc([C@@H]2Oc3ccc(C=O)cc3[C@H]2C)ccc1O. The minimum atomic E-state index is -0.156. The van der Waals surface area contributed by atoms with Crippen molar-refractivity contribution in [2.24, 2.45) is 0 Å². The predicted molar refractivity (Wildman–Crippen MR) is 78.3 cm³/mol. The summed E-state index contributed by atoms with van der Waals surface area (Å²) in [4.78, 5) is 10.9. The maximum atomic E-state index is 10.9. The fraction of sp³-hybridized carbons (Fsp3) is 0.235. The second-order valence-corrected chi connectivity index (χ2v) is 5.17. The van der Waals surface area contributed by atoms with E-state index in [9.17, 15) is 9.90 Å². The van der Waals surface area contributed by atoms with Gasteiger partial charge in [-0.15, -0.1) is 0 Å². The van der Waals surface area contributed by atoms with Crippen molar-refractivity contribution in [1.29, 1.82) is 0 Å². The molecule has 0 aromatic heterocycles. The average Bonchev–Trinajstić information content (AvgIpc) is 2.84. The smallest absolute Gasteiger partial charge is 0.160 e. The van der Waals surface area contributed by atoms with Gasteiger partial charge in [0.2, 0.25) is 0 Å². The Morgan fingerprint density at radius 3 is 2.76 bits per heavy atom. The minimum Gasteiger partial charge on any atom is -0.504 e. The molecule has 0 saturated heterocycles. The van der Waals surface area contributed by atoms with E-state index in [2.05, 4.69) is 6.92 Å². The summed E-state index contributed by atoms with van der Waals surface area (Å²) in [5.74, 6) is 1.44. The summed E-state index contributed by atoms with van der Waals surface area (Å²) >= 11 is 0. The lowest BCUT2D eigenvalue weighted by atomic mass is 9.92. The van der Waals surface area contributed by atoms with E-state index in [1.54, 1.807) is 18.2 Å². The van der Waals surface area contributed by atoms with E-state index in [0.717, 1.165) is 23.2 Å². The molecule has 4 nitrogen and oxygen atoms in total.